The van der Waals surface area contributed by atoms with Crippen molar-refractivity contribution in [2.24, 2.45) is 5.92 Å². The van der Waals surface area contributed by atoms with E-state index in [1.165, 1.54) is 0 Å². The largest absolute Gasteiger partial charge is 0.355 e. The van der Waals surface area contributed by atoms with Gasteiger partial charge in [0.05, 0.1) is 12.7 Å². The summed E-state index contributed by atoms with van der Waals surface area (Å²) in [4.78, 5) is 0. The van der Waals surface area contributed by atoms with E-state index in [9.17, 15) is 0 Å². The first kappa shape index (κ1) is 11.9. The molecule has 0 aromatic heterocycles. The van der Waals surface area contributed by atoms with Gasteiger partial charge >= 0.3 is 0 Å². The highest BCUT2D eigenvalue weighted by molar-refractivity contribution is 4.36. The van der Waals surface area contributed by atoms with E-state index < -0.39 is 0 Å². The monoisotopic (exact) mass is 176 g/mol. The summed E-state index contributed by atoms with van der Waals surface area (Å²) in [6, 6.07) is 0. The maximum Gasteiger partial charge on any atom is 0.149 e. The summed E-state index contributed by atoms with van der Waals surface area (Å²) < 4.78 is 15.4. The van der Waals surface area contributed by atoms with E-state index in [1.54, 1.807) is 0 Å². The van der Waals surface area contributed by atoms with Crippen molar-refractivity contribution >= 4 is 0 Å². The van der Waals surface area contributed by atoms with E-state index in [1.807, 2.05) is 13.8 Å². The standard InChI is InChI=1S/C9H20O3/c1-8(2)5-10-6-11-7-12-9(3)4/h8-9H,5-7H2,1-4H3. The Bertz CT molecular complexity index is 79.8. The number of ether oxygens (including phenoxy) is 3. The zero-order chi connectivity index (χ0) is 9.40. The van der Waals surface area contributed by atoms with E-state index in [0.29, 0.717) is 19.5 Å². The van der Waals surface area contributed by atoms with Gasteiger partial charge in [0.25, 0.3) is 0 Å². The van der Waals surface area contributed by atoms with Crippen LogP contribution >= 0.6 is 0 Å². The second kappa shape index (κ2) is 7.53. The summed E-state index contributed by atoms with van der Waals surface area (Å²) in [5.41, 5.74) is 0. The Labute approximate surface area is 75.0 Å². The molecule has 3 heteroatoms. The van der Waals surface area contributed by atoms with Crippen molar-refractivity contribution in [2.75, 3.05) is 20.2 Å². The average Bonchev–Trinajstić information content (AvgIpc) is 1.95. The van der Waals surface area contributed by atoms with Crippen LogP contribution in [-0.2, 0) is 14.2 Å². The Morgan fingerprint density at radius 3 is 2.08 bits per heavy atom. The van der Waals surface area contributed by atoms with Crippen LogP contribution in [0, 0.1) is 5.92 Å². The maximum atomic E-state index is 5.17. The molecule has 0 heterocycles. The van der Waals surface area contributed by atoms with Gasteiger partial charge in [-0.25, -0.2) is 0 Å². The number of hydrogen-bond acceptors (Lipinski definition) is 3. The van der Waals surface area contributed by atoms with Gasteiger partial charge in [0.2, 0.25) is 0 Å². The summed E-state index contributed by atoms with van der Waals surface area (Å²) >= 11 is 0. The molecule has 0 saturated carbocycles. The van der Waals surface area contributed by atoms with Gasteiger partial charge in [-0.1, -0.05) is 13.8 Å². The summed E-state index contributed by atoms with van der Waals surface area (Å²) in [5.74, 6) is 0.555. The van der Waals surface area contributed by atoms with Gasteiger partial charge in [-0.3, -0.25) is 0 Å². The van der Waals surface area contributed by atoms with Crippen molar-refractivity contribution in [1.82, 2.24) is 0 Å². The van der Waals surface area contributed by atoms with Gasteiger partial charge in [-0.15, -0.1) is 0 Å². The van der Waals surface area contributed by atoms with Gasteiger partial charge in [0.15, 0.2) is 0 Å². The van der Waals surface area contributed by atoms with Crippen molar-refractivity contribution < 1.29 is 14.2 Å². The van der Waals surface area contributed by atoms with E-state index in [4.69, 9.17) is 14.2 Å². The smallest absolute Gasteiger partial charge is 0.149 e. The summed E-state index contributed by atoms with van der Waals surface area (Å²) in [5, 5.41) is 0. The van der Waals surface area contributed by atoms with Crippen LogP contribution in [0.25, 0.3) is 0 Å². The molecule has 12 heavy (non-hydrogen) atoms. The maximum absolute atomic E-state index is 5.17. The van der Waals surface area contributed by atoms with Crippen molar-refractivity contribution in [3.8, 4) is 0 Å². The molecule has 74 valence electrons. The number of rotatable bonds is 7. The predicted octanol–water partition coefficient (Wildman–Crippen LogP) is 2.02. The lowest BCUT2D eigenvalue weighted by atomic mass is 10.2. The second-order valence-electron chi connectivity index (χ2n) is 3.42. The minimum Gasteiger partial charge on any atom is -0.355 e. The highest BCUT2D eigenvalue weighted by Gasteiger charge is 1.94. The third-order valence-corrected chi connectivity index (χ3v) is 1.10. The lowest BCUT2D eigenvalue weighted by molar-refractivity contribution is -0.146. The Morgan fingerprint density at radius 1 is 0.917 bits per heavy atom. The first-order chi connectivity index (χ1) is 5.63. The number of hydrogen-bond donors (Lipinski definition) is 0. The third-order valence-electron chi connectivity index (χ3n) is 1.10. The van der Waals surface area contributed by atoms with Crippen LogP contribution < -0.4 is 0 Å². The van der Waals surface area contributed by atoms with Crippen molar-refractivity contribution in [2.45, 2.75) is 33.8 Å². The summed E-state index contributed by atoms with van der Waals surface area (Å²) in [6.45, 7) is 9.52. The normalized spacial score (nSPS) is 11.5. The van der Waals surface area contributed by atoms with Crippen LogP contribution in [0.1, 0.15) is 27.7 Å². The Hall–Kier alpha value is -0.120. The van der Waals surface area contributed by atoms with Crippen molar-refractivity contribution in [1.29, 1.82) is 0 Å². The van der Waals surface area contributed by atoms with Crippen LogP contribution in [-0.4, -0.2) is 26.3 Å². The summed E-state index contributed by atoms with van der Waals surface area (Å²) in [7, 11) is 0. The molecule has 0 aromatic rings. The molecule has 0 aliphatic carbocycles. The Kier molecular flexibility index (Phi) is 7.45. The van der Waals surface area contributed by atoms with Gasteiger partial charge in [0.1, 0.15) is 13.6 Å². The van der Waals surface area contributed by atoms with Crippen LogP contribution in [0.3, 0.4) is 0 Å². The van der Waals surface area contributed by atoms with Gasteiger partial charge in [-0.05, 0) is 19.8 Å². The molecule has 0 N–H and O–H groups in total. The van der Waals surface area contributed by atoms with E-state index >= 15 is 0 Å². The van der Waals surface area contributed by atoms with Crippen molar-refractivity contribution in [3.05, 3.63) is 0 Å². The van der Waals surface area contributed by atoms with E-state index in [-0.39, 0.29) is 6.10 Å². The molecular weight excluding hydrogens is 156 g/mol. The first-order valence-electron chi connectivity index (χ1n) is 4.40. The average molecular weight is 176 g/mol. The molecule has 0 aromatic carbocycles. The zero-order valence-corrected chi connectivity index (χ0v) is 8.50. The van der Waals surface area contributed by atoms with Crippen LogP contribution in [0.15, 0.2) is 0 Å². The molecule has 0 spiro atoms. The predicted molar refractivity (Wildman–Crippen MR) is 47.8 cm³/mol. The van der Waals surface area contributed by atoms with Crippen LogP contribution in [0.5, 0.6) is 0 Å². The zero-order valence-electron chi connectivity index (χ0n) is 8.50. The lowest BCUT2D eigenvalue weighted by Crippen LogP contribution is -2.11. The molecule has 3 nitrogen and oxygen atoms in total. The Balaban J connectivity index is 2.91. The fourth-order valence-corrected chi connectivity index (χ4v) is 0.561. The molecule has 0 aliphatic heterocycles. The van der Waals surface area contributed by atoms with Crippen molar-refractivity contribution in [3.63, 3.8) is 0 Å². The molecule has 0 saturated heterocycles. The SMILES string of the molecule is CC(C)COCOCOC(C)C. The quantitative estimate of drug-likeness (QED) is 0.438. The molecular formula is C9H20O3. The van der Waals surface area contributed by atoms with E-state index in [2.05, 4.69) is 13.8 Å². The molecule has 0 bridgehead atoms. The van der Waals surface area contributed by atoms with Crippen LogP contribution in [0.4, 0.5) is 0 Å². The fraction of sp³-hybridized carbons (Fsp3) is 1.00. The Morgan fingerprint density at radius 2 is 1.58 bits per heavy atom. The molecule has 0 atom stereocenters. The second-order valence-corrected chi connectivity index (χ2v) is 3.42. The minimum absolute atomic E-state index is 0.218. The first-order valence-corrected chi connectivity index (χ1v) is 4.40. The third kappa shape index (κ3) is 9.88. The molecule has 0 fully saturated rings. The molecule has 0 amide bonds. The molecule has 0 unspecified atom stereocenters. The molecule has 0 aliphatic rings. The summed E-state index contributed by atoms with van der Waals surface area (Å²) in [6.07, 6.45) is 0.218. The lowest BCUT2D eigenvalue weighted by Gasteiger charge is -2.09. The van der Waals surface area contributed by atoms with Gasteiger partial charge in [-0.2, -0.15) is 0 Å². The topological polar surface area (TPSA) is 27.7 Å². The minimum atomic E-state index is 0.218. The van der Waals surface area contributed by atoms with Crippen LogP contribution in [0.2, 0.25) is 0 Å². The van der Waals surface area contributed by atoms with Gasteiger partial charge in [0, 0.05) is 0 Å². The molecule has 0 radical (unpaired) electrons. The highest BCUT2D eigenvalue weighted by Crippen LogP contribution is 1.93. The van der Waals surface area contributed by atoms with E-state index in [0.717, 1.165) is 6.61 Å². The fourth-order valence-electron chi connectivity index (χ4n) is 0.561. The molecule has 0 rings (SSSR count). The van der Waals surface area contributed by atoms with Gasteiger partial charge < -0.3 is 14.2 Å². The highest BCUT2D eigenvalue weighted by atomic mass is 16.7.